The van der Waals surface area contributed by atoms with Crippen LogP contribution in [0.15, 0.2) is 45.6 Å². The first-order chi connectivity index (χ1) is 10.1. The molecule has 0 radical (unpaired) electrons. The Morgan fingerprint density at radius 3 is 2.86 bits per heavy atom. The number of aromatic nitrogens is 3. The fourth-order valence-corrected chi connectivity index (χ4v) is 2.27. The van der Waals surface area contributed by atoms with Crippen molar-refractivity contribution < 1.29 is 4.74 Å². The van der Waals surface area contributed by atoms with Crippen molar-refractivity contribution in [3.63, 3.8) is 0 Å². The van der Waals surface area contributed by atoms with Gasteiger partial charge in [0.15, 0.2) is 0 Å². The van der Waals surface area contributed by atoms with Crippen LogP contribution in [0.3, 0.4) is 0 Å². The summed E-state index contributed by atoms with van der Waals surface area (Å²) in [4.78, 5) is 31.9. The molecule has 0 saturated heterocycles. The molecule has 0 amide bonds. The maximum Gasteiger partial charge on any atom is 0.328 e. The Hall–Kier alpha value is -3.34. The van der Waals surface area contributed by atoms with Gasteiger partial charge in [-0.2, -0.15) is 5.26 Å². The van der Waals surface area contributed by atoms with Crippen molar-refractivity contribution in [2.45, 2.75) is 5.92 Å². The molecule has 21 heavy (non-hydrogen) atoms. The van der Waals surface area contributed by atoms with Gasteiger partial charge in [-0.3, -0.25) is 19.7 Å². The minimum absolute atomic E-state index is 0.0610. The van der Waals surface area contributed by atoms with Crippen molar-refractivity contribution in [3.05, 3.63) is 67.9 Å². The van der Waals surface area contributed by atoms with Gasteiger partial charge >= 0.3 is 5.69 Å². The molecule has 1 aliphatic heterocycles. The first kappa shape index (κ1) is 12.7. The lowest BCUT2D eigenvalue weighted by Gasteiger charge is -2.24. The van der Waals surface area contributed by atoms with Crippen molar-refractivity contribution in [2.75, 3.05) is 0 Å². The van der Waals surface area contributed by atoms with Crippen LogP contribution in [0.2, 0.25) is 0 Å². The summed E-state index contributed by atoms with van der Waals surface area (Å²) in [5.74, 6) is -0.956. The second-order valence-corrected chi connectivity index (χ2v) is 4.36. The van der Waals surface area contributed by atoms with Crippen LogP contribution in [0.4, 0.5) is 0 Å². The monoisotopic (exact) mass is 283 g/mol. The van der Waals surface area contributed by atoms with E-state index < -0.39 is 17.2 Å². The second kappa shape index (κ2) is 4.64. The molecule has 2 aromatic rings. The van der Waals surface area contributed by atoms with E-state index in [1.807, 2.05) is 6.07 Å². The Labute approximate surface area is 117 Å². The fourth-order valence-electron chi connectivity index (χ4n) is 2.27. The van der Waals surface area contributed by atoms with E-state index in [0.29, 0.717) is 5.56 Å². The Morgan fingerprint density at radius 1 is 1.38 bits per heavy atom. The van der Waals surface area contributed by atoms with E-state index in [-0.39, 0.29) is 22.9 Å². The van der Waals surface area contributed by atoms with Crippen LogP contribution >= 0.6 is 0 Å². The number of nitriles is 1. The number of ether oxygens (including phenoxy) is 1. The van der Waals surface area contributed by atoms with Gasteiger partial charge in [-0.15, -0.1) is 0 Å². The highest BCUT2D eigenvalue weighted by atomic mass is 16.5. The summed E-state index contributed by atoms with van der Waals surface area (Å²) in [6, 6.07) is 5.33. The van der Waals surface area contributed by atoms with Crippen LogP contribution in [0.1, 0.15) is 17.0 Å². The number of nitrogens with one attached hydrogen (secondary N) is 2. The molecule has 1 aliphatic rings. The molecule has 1 atom stereocenters. The van der Waals surface area contributed by atoms with Crippen LogP contribution in [-0.2, 0) is 0 Å². The number of hydrogen-bond donors (Lipinski definition) is 3. The molecule has 0 fully saturated rings. The molecule has 0 spiro atoms. The molecule has 0 unspecified atom stereocenters. The molecule has 0 saturated carbocycles. The summed E-state index contributed by atoms with van der Waals surface area (Å²) in [5.41, 5.74) is 5.17. The Morgan fingerprint density at radius 2 is 2.19 bits per heavy atom. The highest BCUT2D eigenvalue weighted by Gasteiger charge is 2.34. The lowest BCUT2D eigenvalue weighted by Crippen LogP contribution is -2.33. The minimum Gasteiger partial charge on any atom is -0.424 e. The number of aromatic amines is 2. The van der Waals surface area contributed by atoms with E-state index in [2.05, 4.69) is 15.0 Å². The van der Waals surface area contributed by atoms with Gasteiger partial charge < -0.3 is 10.5 Å². The summed E-state index contributed by atoms with van der Waals surface area (Å²) in [5, 5.41) is 9.29. The van der Waals surface area contributed by atoms with Crippen molar-refractivity contribution >= 4 is 0 Å². The van der Waals surface area contributed by atoms with E-state index in [0.717, 1.165) is 0 Å². The molecule has 0 aliphatic carbocycles. The average Bonchev–Trinajstić information content (AvgIpc) is 2.46. The van der Waals surface area contributed by atoms with Crippen LogP contribution in [0.25, 0.3) is 0 Å². The zero-order valence-corrected chi connectivity index (χ0v) is 10.6. The molecule has 0 bridgehead atoms. The number of allylic oxidation sites excluding steroid dienone is 1. The third-order valence-electron chi connectivity index (χ3n) is 3.14. The summed E-state index contributed by atoms with van der Waals surface area (Å²) in [7, 11) is 0. The smallest absolute Gasteiger partial charge is 0.328 e. The van der Waals surface area contributed by atoms with E-state index in [4.69, 9.17) is 10.5 Å². The van der Waals surface area contributed by atoms with Crippen molar-refractivity contribution in [1.29, 1.82) is 5.26 Å². The third kappa shape index (κ3) is 1.97. The molecular formula is C13H9N5O3. The van der Waals surface area contributed by atoms with Gasteiger partial charge in [0.05, 0.1) is 11.5 Å². The van der Waals surface area contributed by atoms with Gasteiger partial charge in [0.2, 0.25) is 11.8 Å². The zero-order valence-electron chi connectivity index (χ0n) is 10.6. The Balaban J connectivity index is 2.34. The lowest BCUT2D eigenvalue weighted by molar-refractivity contribution is 0.373. The fraction of sp³-hybridized carbons (Fsp3) is 0.0769. The summed E-state index contributed by atoms with van der Waals surface area (Å²) in [6.07, 6.45) is 3.09. The van der Waals surface area contributed by atoms with Crippen molar-refractivity contribution in [2.24, 2.45) is 5.73 Å². The quantitative estimate of drug-likeness (QED) is 0.655. The molecule has 104 valence electrons. The summed E-state index contributed by atoms with van der Waals surface area (Å²) < 4.78 is 5.19. The molecule has 3 heterocycles. The van der Waals surface area contributed by atoms with Crippen molar-refractivity contribution in [1.82, 2.24) is 15.0 Å². The lowest BCUT2D eigenvalue weighted by atomic mass is 9.86. The highest BCUT2D eigenvalue weighted by molar-refractivity contribution is 5.51. The van der Waals surface area contributed by atoms with Gasteiger partial charge in [0.1, 0.15) is 11.6 Å². The number of rotatable bonds is 1. The maximum absolute atomic E-state index is 12.1. The number of H-pyrrole nitrogens is 2. The number of pyridine rings is 1. The topological polar surface area (TPSA) is 138 Å². The molecule has 4 N–H and O–H groups in total. The zero-order chi connectivity index (χ0) is 15.0. The van der Waals surface area contributed by atoms with E-state index >= 15 is 0 Å². The standard InChI is InChI=1S/C13H9N5O3/c14-4-7-8(6-2-1-3-16-5-6)9-11(19)17-13(20)18-12(9)21-10(7)15/h1-3,5,8H,15H2,(H2,17,18,19,20)/t8-/m0/s1. The third-order valence-corrected chi connectivity index (χ3v) is 3.14. The Kier molecular flexibility index (Phi) is 2.80. The van der Waals surface area contributed by atoms with E-state index in [9.17, 15) is 14.9 Å². The van der Waals surface area contributed by atoms with Crippen LogP contribution in [0, 0.1) is 11.3 Å². The van der Waals surface area contributed by atoms with Gasteiger partial charge in [-0.1, -0.05) is 6.07 Å². The summed E-state index contributed by atoms with van der Waals surface area (Å²) >= 11 is 0. The first-order valence-corrected chi connectivity index (χ1v) is 5.96. The predicted molar refractivity (Wildman–Crippen MR) is 71.2 cm³/mol. The molecule has 3 rings (SSSR count). The number of nitrogens with zero attached hydrogens (tertiary/aromatic N) is 2. The molecule has 8 heteroatoms. The van der Waals surface area contributed by atoms with Crippen LogP contribution in [-0.4, -0.2) is 15.0 Å². The minimum atomic E-state index is -0.743. The molecule has 2 aromatic heterocycles. The van der Waals surface area contributed by atoms with Gasteiger partial charge in [0.25, 0.3) is 5.56 Å². The Bertz CT molecular complexity index is 889. The van der Waals surface area contributed by atoms with Crippen LogP contribution in [0.5, 0.6) is 5.88 Å². The van der Waals surface area contributed by atoms with Gasteiger partial charge in [-0.25, -0.2) is 4.79 Å². The SMILES string of the molecule is N#CC1=C(N)Oc2[nH]c(=O)[nH]c(=O)c2[C@H]1c1cccnc1. The highest BCUT2D eigenvalue weighted by Crippen LogP contribution is 2.37. The number of nitrogens with two attached hydrogens (primary N) is 1. The van der Waals surface area contributed by atoms with Crippen LogP contribution < -0.4 is 21.7 Å². The average molecular weight is 283 g/mol. The van der Waals surface area contributed by atoms with Crippen molar-refractivity contribution in [3.8, 4) is 11.9 Å². The molecular weight excluding hydrogens is 274 g/mol. The second-order valence-electron chi connectivity index (χ2n) is 4.36. The van der Waals surface area contributed by atoms with E-state index in [1.54, 1.807) is 18.3 Å². The first-order valence-electron chi connectivity index (χ1n) is 5.96. The predicted octanol–water partition coefficient (Wildman–Crippen LogP) is -0.324. The van der Waals surface area contributed by atoms with E-state index in [1.165, 1.54) is 6.20 Å². The maximum atomic E-state index is 12.1. The largest absolute Gasteiger partial charge is 0.424 e. The number of fused-ring (bicyclic) bond motifs is 1. The number of hydrogen-bond acceptors (Lipinski definition) is 6. The molecule has 8 nitrogen and oxygen atoms in total. The normalized spacial score (nSPS) is 16.8. The van der Waals surface area contributed by atoms with Gasteiger partial charge in [-0.05, 0) is 11.6 Å². The van der Waals surface area contributed by atoms with Gasteiger partial charge in [0, 0.05) is 12.4 Å². The summed E-state index contributed by atoms with van der Waals surface area (Å²) in [6.45, 7) is 0. The molecule has 0 aromatic carbocycles.